The summed E-state index contributed by atoms with van der Waals surface area (Å²) in [5.41, 5.74) is 1.63. The SMILES string of the molecule is CCOc1ccc(NS(=O)(=O)c2ccc(NC(=S)NC(=O)/C=C/c3ccccc3Cl)cc2)cc1. The lowest BCUT2D eigenvalue weighted by atomic mass is 10.2. The molecule has 0 spiro atoms. The van der Waals surface area contributed by atoms with Gasteiger partial charge in [0.2, 0.25) is 5.91 Å². The van der Waals surface area contributed by atoms with Gasteiger partial charge >= 0.3 is 0 Å². The van der Waals surface area contributed by atoms with Crippen LogP contribution in [0.2, 0.25) is 5.02 Å². The van der Waals surface area contributed by atoms with Gasteiger partial charge in [0.05, 0.1) is 11.5 Å². The number of carbonyl (C=O) groups excluding carboxylic acids is 1. The Balaban J connectivity index is 1.56. The number of amides is 1. The number of rotatable bonds is 8. The summed E-state index contributed by atoms with van der Waals surface area (Å²) in [6.07, 6.45) is 2.90. The molecule has 3 rings (SSSR count). The largest absolute Gasteiger partial charge is 0.494 e. The van der Waals surface area contributed by atoms with Crippen molar-refractivity contribution in [2.24, 2.45) is 0 Å². The van der Waals surface area contributed by atoms with Crippen molar-refractivity contribution in [2.75, 3.05) is 16.6 Å². The summed E-state index contributed by atoms with van der Waals surface area (Å²) < 4.78 is 33.2. The van der Waals surface area contributed by atoms with E-state index in [2.05, 4.69) is 15.4 Å². The topological polar surface area (TPSA) is 96.5 Å². The number of ether oxygens (including phenoxy) is 1. The minimum Gasteiger partial charge on any atom is -0.494 e. The molecule has 3 N–H and O–H groups in total. The fraction of sp³-hybridized carbons (Fsp3) is 0.0833. The minimum absolute atomic E-state index is 0.0666. The molecule has 0 atom stereocenters. The fourth-order valence-electron chi connectivity index (χ4n) is 2.81. The number of benzene rings is 3. The molecule has 3 aromatic rings. The fourth-order valence-corrected chi connectivity index (χ4v) is 4.28. The smallest absolute Gasteiger partial charge is 0.261 e. The number of hydrogen-bond acceptors (Lipinski definition) is 5. The maximum Gasteiger partial charge on any atom is 0.261 e. The summed E-state index contributed by atoms with van der Waals surface area (Å²) in [4.78, 5) is 12.2. The first-order chi connectivity index (χ1) is 16.3. The molecule has 3 aromatic carbocycles. The molecule has 0 radical (unpaired) electrons. The van der Waals surface area contributed by atoms with Gasteiger partial charge in [-0.25, -0.2) is 8.42 Å². The molecule has 0 aliphatic carbocycles. The molecule has 0 aliphatic rings. The van der Waals surface area contributed by atoms with Gasteiger partial charge in [0.1, 0.15) is 5.75 Å². The van der Waals surface area contributed by atoms with E-state index < -0.39 is 15.9 Å². The van der Waals surface area contributed by atoms with Crippen LogP contribution in [0.4, 0.5) is 11.4 Å². The van der Waals surface area contributed by atoms with Gasteiger partial charge in [0.25, 0.3) is 10.0 Å². The highest BCUT2D eigenvalue weighted by Gasteiger charge is 2.14. The molecule has 176 valence electrons. The third-order valence-electron chi connectivity index (χ3n) is 4.40. The van der Waals surface area contributed by atoms with E-state index in [1.807, 2.05) is 13.0 Å². The molecular formula is C24H22ClN3O4S2. The lowest BCUT2D eigenvalue weighted by molar-refractivity contribution is -0.115. The first kappa shape index (κ1) is 25.2. The number of carbonyl (C=O) groups is 1. The van der Waals surface area contributed by atoms with Crippen molar-refractivity contribution in [2.45, 2.75) is 11.8 Å². The Morgan fingerprint density at radius 1 is 1.00 bits per heavy atom. The second kappa shape index (κ2) is 11.6. The molecule has 0 heterocycles. The second-order valence-electron chi connectivity index (χ2n) is 6.89. The molecule has 0 unspecified atom stereocenters. The summed E-state index contributed by atoms with van der Waals surface area (Å²) >= 11 is 11.2. The van der Waals surface area contributed by atoms with Gasteiger partial charge < -0.3 is 10.1 Å². The van der Waals surface area contributed by atoms with Crippen molar-refractivity contribution in [1.29, 1.82) is 0 Å². The molecule has 0 fully saturated rings. The van der Waals surface area contributed by atoms with E-state index in [1.54, 1.807) is 60.7 Å². The van der Waals surface area contributed by atoms with Gasteiger partial charge in [0, 0.05) is 22.5 Å². The van der Waals surface area contributed by atoms with Gasteiger partial charge in [-0.1, -0.05) is 29.8 Å². The highest BCUT2D eigenvalue weighted by molar-refractivity contribution is 7.92. The standard InChI is InChI=1S/C24H22ClN3O4S2/c1-2-32-20-12-8-19(9-13-20)28-34(30,31)21-14-10-18(11-15-21)26-24(33)27-23(29)16-7-17-5-3-4-6-22(17)25/h3-16,28H,2H2,1H3,(H2,26,27,29,33)/b16-7+. The van der Waals surface area contributed by atoms with Crippen molar-refractivity contribution in [1.82, 2.24) is 5.32 Å². The molecule has 7 nitrogen and oxygen atoms in total. The summed E-state index contributed by atoms with van der Waals surface area (Å²) in [5, 5.41) is 5.95. The predicted octanol–water partition coefficient (Wildman–Crippen LogP) is 5.07. The van der Waals surface area contributed by atoms with Gasteiger partial charge in [-0.05, 0) is 85.4 Å². The molecule has 0 aromatic heterocycles. The van der Waals surface area contributed by atoms with Crippen molar-refractivity contribution in [3.05, 3.63) is 89.5 Å². The number of sulfonamides is 1. The van der Waals surface area contributed by atoms with Crippen LogP contribution in [0.1, 0.15) is 12.5 Å². The Bertz CT molecular complexity index is 1290. The number of hydrogen-bond donors (Lipinski definition) is 3. The van der Waals surface area contributed by atoms with Gasteiger partial charge in [-0.15, -0.1) is 0 Å². The third kappa shape index (κ3) is 7.31. The van der Waals surface area contributed by atoms with Crippen molar-refractivity contribution < 1.29 is 17.9 Å². The zero-order valence-corrected chi connectivity index (χ0v) is 20.5. The van der Waals surface area contributed by atoms with E-state index in [0.29, 0.717) is 34.3 Å². The Kier molecular flexibility index (Phi) is 8.64. The zero-order valence-electron chi connectivity index (χ0n) is 18.1. The Morgan fingerprint density at radius 3 is 2.29 bits per heavy atom. The normalized spacial score (nSPS) is 11.1. The van der Waals surface area contributed by atoms with Gasteiger partial charge in [0.15, 0.2) is 5.11 Å². The highest BCUT2D eigenvalue weighted by atomic mass is 35.5. The third-order valence-corrected chi connectivity index (χ3v) is 6.34. The zero-order chi connectivity index (χ0) is 24.6. The van der Waals surface area contributed by atoms with Crippen LogP contribution in [-0.4, -0.2) is 26.0 Å². The Hall–Kier alpha value is -3.40. The molecule has 0 saturated carbocycles. The van der Waals surface area contributed by atoms with Crippen LogP contribution in [0.3, 0.4) is 0 Å². The van der Waals surface area contributed by atoms with E-state index >= 15 is 0 Å². The summed E-state index contributed by atoms with van der Waals surface area (Å²) in [5.74, 6) is 0.222. The molecule has 0 bridgehead atoms. The average molecular weight is 516 g/mol. The quantitative estimate of drug-likeness (QED) is 0.286. The van der Waals surface area contributed by atoms with Crippen molar-refractivity contribution in [3.63, 3.8) is 0 Å². The molecular weight excluding hydrogens is 494 g/mol. The summed E-state index contributed by atoms with van der Waals surface area (Å²) in [6, 6.07) is 19.7. The van der Waals surface area contributed by atoms with Crippen LogP contribution >= 0.6 is 23.8 Å². The Morgan fingerprint density at radius 2 is 1.65 bits per heavy atom. The number of anilines is 2. The number of nitrogens with one attached hydrogen (secondary N) is 3. The molecule has 10 heteroatoms. The van der Waals surface area contributed by atoms with E-state index in [9.17, 15) is 13.2 Å². The van der Waals surface area contributed by atoms with Crippen LogP contribution in [0.15, 0.2) is 83.8 Å². The van der Waals surface area contributed by atoms with E-state index in [4.69, 9.17) is 28.6 Å². The first-order valence-corrected chi connectivity index (χ1v) is 12.4. The van der Waals surface area contributed by atoms with E-state index in [0.717, 1.165) is 0 Å². The molecule has 34 heavy (non-hydrogen) atoms. The van der Waals surface area contributed by atoms with Crippen LogP contribution < -0.4 is 20.1 Å². The maximum absolute atomic E-state index is 12.6. The number of thiocarbonyl (C=S) groups is 1. The van der Waals surface area contributed by atoms with E-state index in [-0.39, 0.29) is 10.0 Å². The molecule has 0 aliphatic heterocycles. The van der Waals surface area contributed by atoms with Crippen LogP contribution in [0.25, 0.3) is 6.08 Å². The Labute approximate surface area is 208 Å². The van der Waals surface area contributed by atoms with Crippen molar-refractivity contribution in [3.8, 4) is 5.75 Å². The monoisotopic (exact) mass is 515 g/mol. The van der Waals surface area contributed by atoms with Crippen molar-refractivity contribution >= 4 is 62.3 Å². The average Bonchev–Trinajstić information content (AvgIpc) is 2.80. The lowest BCUT2D eigenvalue weighted by Gasteiger charge is -2.11. The van der Waals surface area contributed by atoms with Gasteiger partial charge in [-0.2, -0.15) is 0 Å². The number of halogens is 1. The molecule has 0 saturated heterocycles. The molecule has 1 amide bonds. The maximum atomic E-state index is 12.6. The first-order valence-electron chi connectivity index (χ1n) is 10.2. The van der Waals surface area contributed by atoms with Crippen LogP contribution in [0.5, 0.6) is 5.75 Å². The highest BCUT2D eigenvalue weighted by Crippen LogP contribution is 2.21. The van der Waals surface area contributed by atoms with Crippen LogP contribution in [0, 0.1) is 0 Å². The van der Waals surface area contributed by atoms with Gasteiger partial charge in [-0.3, -0.25) is 14.8 Å². The van der Waals surface area contributed by atoms with Crippen LogP contribution in [-0.2, 0) is 14.8 Å². The van der Waals surface area contributed by atoms with E-state index in [1.165, 1.54) is 18.2 Å². The summed E-state index contributed by atoms with van der Waals surface area (Å²) in [7, 11) is -3.78. The second-order valence-corrected chi connectivity index (χ2v) is 9.38. The lowest BCUT2D eigenvalue weighted by Crippen LogP contribution is -2.32. The summed E-state index contributed by atoms with van der Waals surface area (Å²) in [6.45, 7) is 2.40. The minimum atomic E-state index is -3.78. The predicted molar refractivity (Wildman–Crippen MR) is 140 cm³/mol.